The molecule has 0 aliphatic carbocycles. The summed E-state index contributed by atoms with van der Waals surface area (Å²) in [4.78, 5) is 11.7. The molecule has 0 radical (unpaired) electrons. The summed E-state index contributed by atoms with van der Waals surface area (Å²) < 4.78 is 0. The molecule has 1 aromatic carbocycles. The van der Waals surface area contributed by atoms with Crippen LogP contribution in [-0.2, 0) is 11.2 Å². The number of para-hydroxylation sites is 1. The Kier molecular flexibility index (Phi) is 4.97. The zero-order valence-corrected chi connectivity index (χ0v) is 10.2. The molecule has 94 valence electrons. The number of phenols is 1. The number of hydrogen-bond acceptors (Lipinski definition) is 3. The van der Waals surface area contributed by atoms with Gasteiger partial charge in [0, 0.05) is 5.56 Å². The summed E-state index contributed by atoms with van der Waals surface area (Å²) in [5, 5.41) is 21.4. The van der Waals surface area contributed by atoms with Crippen molar-refractivity contribution in [1.82, 2.24) is 5.32 Å². The summed E-state index contributed by atoms with van der Waals surface area (Å²) in [6.07, 6.45) is 0.121. The average Bonchev–Trinajstić information content (AvgIpc) is 2.28. The number of rotatable bonds is 5. The molecule has 1 rings (SSSR count). The standard InChI is InChI=1S/C13H19NO3/c1-9(2)11(8-15)14-13(17)7-10-5-3-4-6-12(10)16/h3-6,9,11,15-16H,7-8H2,1-2H3,(H,14,17)/t11-/m1/s1. The van der Waals surface area contributed by atoms with E-state index in [0.717, 1.165) is 0 Å². The molecule has 0 fully saturated rings. The number of carbonyl (C=O) groups is 1. The summed E-state index contributed by atoms with van der Waals surface area (Å²) in [7, 11) is 0. The molecule has 0 saturated heterocycles. The van der Waals surface area contributed by atoms with E-state index in [0.29, 0.717) is 5.56 Å². The zero-order valence-electron chi connectivity index (χ0n) is 10.2. The molecule has 0 aromatic heterocycles. The Morgan fingerprint density at radius 3 is 2.53 bits per heavy atom. The van der Waals surface area contributed by atoms with E-state index < -0.39 is 0 Å². The van der Waals surface area contributed by atoms with Crippen LogP contribution in [0.5, 0.6) is 5.75 Å². The van der Waals surface area contributed by atoms with E-state index >= 15 is 0 Å². The number of nitrogens with one attached hydrogen (secondary N) is 1. The van der Waals surface area contributed by atoms with Crippen molar-refractivity contribution in [3.05, 3.63) is 29.8 Å². The lowest BCUT2D eigenvalue weighted by atomic mass is 10.0. The lowest BCUT2D eigenvalue weighted by molar-refractivity contribution is -0.121. The van der Waals surface area contributed by atoms with E-state index in [2.05, 4.69) is 5.32 Å². The second kappa shape index (κ2) is 6.25. The highest BCUT2D eigenvalue weighted by atomic mass is 16.3. The van der Waals surface area contributed by atoms with Crippen LogP contribution < -0.4 is 5.32 Å². The van der Waals surface area contributed by atoms with Crippen LogP contribution in [0.15, 0.2) is 24.3 Å². The van der Waals surface area contributed by atoms with Gasteiger partial charge in [0.15, 0.2) is 0 Å². The van der Waals surface area contributed by atoms with Crippen molar-refractivity contribution in [2.45, 2.75) is 26.3 Å². The van der Waals surface area contributed by atoms with Crippen LogP contribution >= 0.6 is 0 Å². The van der Waals surface area contributed by atoms with Crippen molar-refractivity contribution in [3.63, 3.8) is 0 Å². The van der Waals surface area contributed by atoms with Crippen molar-refractivity contribution < 1.29 is 15.0 Å². The van der Waals surface area contributed by atoms with Crippen LogP contribution in [0.4, 0.5) is 0 Å². The van der Waals surface area contributed by atoms with E-state index in [-0.39, 0.29) is 36.6 Å². The van der Waals surface area contributed by atoms with Crippen LogP contribution in [0.2, 0.25) is 0 Å². The molecular weight excluding hydrogens is 218 g/mol. The minimum absolute atomic E-state index is 0.0792. The molecule has 1 amide bonds. The van der Waals surface area contributed by atoms with Crippen molar-refractivity contribution in [2.75, 3.05) is 6.61 Å². The summed E-state index contributed by atoms with van der Waals surface area (Å²) in [6.45, 7) is 3.78. The number of aromatic hydroxyl groups is 1. The zero-order chi connectivity index (χ0) is 12.8. The number of aliphatic hydroxyl groups is 1. The van der Waals surface area contributed by atoms with Crippen molar-refractivity contribution in [2.24, 2.45) is 5.92 Å². The molecule has 0 unspecified atom stereocenters. The Hall–Kier alpha value is -1.55. The maximum atomic E-state index is 11.7. The van der Waals surface area contributed by atoms with E-state index in [9.17, 15) is 9.90 Å². The Labute approximate surface area is 101 Å². The summed E-state index contributed by atoms with van der Waals surface area (Å²) >= 11 is 0. The van der Waals surface area contributed by atoms with E-state index in [4.69, 9.17) is 5.11 Å². The number of hydrogen-bond donors (Lipinski definition) is 3. The van der Waals surface area contributed by atoms with Gasteiger partial charge in [-0.3, -0.25) is 4.79 Å². The van der Waals surface area contributed by atoms with Crippen molar-refractivity contribution >= 4 is 5.91 Å². The molecule has 0 heterocycles. The predicted octanol–water partition coefficient (Wildman–Crippen LogP) is 1.07. The molecule has 17 heavy (non-hydrogen) atoms. The van der Waals surface area contributed by atoms with Gasteiger partial charge in [-0.25, -0.2) is 0 Å². The maximum Gasteiger partial charge on any atom is 0.224 e. The van der Waals surface area contributed by atoms with Gasteiger partial charge in [0.25, 0.3) is 0 Å². The lowest BCUT2D eigenvalue weighted by Gasteiger charge is -2.19. The molecule has 0 aliphatic heterocycles. The molecule has 0 bridgehead atoms. The highest BCUT2D eigenvalue weighted by Gasteiger charge is 2.15. The van der Waals surface area contributed by atoms with Gasteiger partial charge in [-0.2, -0.15) is 0 Å². The highest BCUT2D eigenvalue weighted by Crippen LogP contribution is 2.16. The first-order valence-corrected chi connectivity index (χ1v) is 5.71. The van der Waals surface area contributed by atoms with Gasteiger partial charge in [0.05, 0.1) is 19.1 Å². The molecule has 3 N–H and O–H groups in total. The van der Waals surface area contributed by atoms with Crippen LogP contribution in [0.25, 0.3) is 0 Å². The lowest BCUT2D eigenvalue weighted by Crippen LogP contribution is -2.41. The Morgan fingerprint density at radius 1 is 1.35 bits per heavy atom. The van der Waals surface area contributed by atoms with Crippen LogP contribution in [0.3, 0.4) is 0 Å². The summed E-state index contributed by atoms with van der Waals surface area (Å²) in [5.74, 6) is 0.0975. The minimum Gasteiger partial charge on any atom is -0.508 e. The topological polar surface area (TPSA) is 69.6 Å². The number of phenolic OH excluding ortho intramolecular Hbond substituents is 1. The fourth-order valence-electron chi connectivity index (χ4n) is 1.51. The first-order chi connectivity index (χ1) is 8.04. The quantitative estimate of drug-likeness (QED) is 0.717. The van der Waals surface area contributed by atoms with Crippen molar-refractivity contribution in [1.29, 1.82) is 0 Å². The van der Waals surface area contributed by atoms with Gasteiger partial charge in [0.2, 0.25) is 5.91 Å². The van der Waals surface area contributed by atoms with Crippen LogP contribution in [-0.4, -0.2) is 28.8 Å². The molecule has 1 atom stereocenters. The van der Waals surface area contributed by atoms with Crippen LogP contribution in [0, 0.1) is 5.92 Å². The smallest absolute Gasteiger partial charge is 0.224 e. The van der Waals surface area contributed by atoms with E-state index in [1.807, 2.05) is 13.8 Å². The fraction of sp³-hybridized carbons (Fsp3) is 0.462. The molecule has 0 spiro atoms. The van der Waals surface area contributed by atoms with Crippen LogP contribution in [0.1, 0.15) is 19.4 Å². The van der Waals surface area contributed by atoms with Gasteiger partial charge < -0.3 is 15.5 Å². The molecule has 4 nitrogen and oxygen atoms in total. The van der Waals surface area contributed by atoms with E-state index in [1.54, 1.807) is 24.3 Å². The van der Waals surface area contributed by atoms with Gasteiger partial charge in [-0.15, -0.1) is 0 Å². The van der Waals surface area contributed by atoms with Gasteiger partial charge in [0.1, 0.15) is 5.75 Å². The third-order valence-corrected chi connectivity index (χ3v) is 2.69. The number of carbonyl (C=O) groups excluding carboxylic acids is 1. The number of benzene rings is 1. The Balaban J connectivity index is 2.58. The normalized spacial score (nSPS) is 12.5. The van der Waals surface area contributed by atoms with Crippen molar-refractivity contribution in [3.8, 4) is 5.75 Å². The fourth-order valence-corrected chi connectivity index (χ4v) is 1.51. The third-order valence-electron chi connectivity index (χ3n) is 2.69. The molecule has 1 aromatic rings. The third kappa shape index (κ3) is 4.07. The summed E-state index contributed by atoms with van der Waals surface area (Å²) in [6, 6.07) is 6.50. The monoisotopic (exact) mass is 237 g/mol. The first kappa shape index (κ1) is 13.5. The largest absolute Gasteiger partial charge is 0.508 e. The van der Waals surface area contributed by atoms with E-state index in [1.165, 1.54) is 0 Å². The minimum atomic E-state index is -0.242. The first-order valence-electron chi connectivity index (χ1n) is 5.71. The van der Waals surface area contributed by atoms with Gasteiger partial charge >= 0.3 is 0 Å². The molecule has 0 aliphatic rings. The molecule has 0 saturated carbocycles. The number of amides is 1. The predicted molar refractivity (Wildman–Crippen MR) is 65.7 cm³/mol. The second-order valence-corrected chi connectivity index (χ2v) is 4.41. The SMILES string of the molecule is CC(C)[C@@H](CO)NC(=O)Cc1ccccc1O. The second-order valence-electron chi connectivity index (χ2n) is 4.41. The Morgan fingerprint density at radius 2 is 2.00 bits per heavy atom. The Bertz CT molecular complexity index is 377. The highest BCUT2D eigenvalue weighted by molar-refractivity contribution is 5.79. The average molecular weight is 237 g/mol. The van der Waals surface area contributed by atoms with Gasteiger partial charge in [-0.05, 0) is 12.0 Å². The number of aliphatic hydroxyl groups excluding tert-OH is 1. The summed E-state index contributed by atoms with van der Waals surface area (Å²) in [5.41, 5.74) is 0.588. The molecular formula is C13H19NO3. The van der Waals surface area contributed by atoms with Gasteiger partial charge in [-0.1, -0.05) is 32.0 Å². The molecule has 4 heteroatoms. The maximum absolute atomic E-state index is 11.7.